The minimum atomic E-state index is -0.129. The Bertz CT molecular complexity index is 371. The van der Waals surface area contributed by atoms with Crippen LogP contribution in [-0.2, 0) is 4.74 Å². The third-order valence-electron chi connectivity index (χ3n) is 4.25. The van der Waals surface area contributed by atoms with Gasteiger partial charge >= 0.3 is 12.1 Å². The molecule has 0 aromatic rings. The molecule has 0 rings (SSSR count). The lowest BCUT2D eigenvalue weighted by Gasteiger charge is -2.26. The van der Waals surface area contributed by atoms with E-state index in [1.165, 1.54) is 0 Å². The predicted octanol–water partition coefficient (Wildman–Crippen LogP) is 0.110. The Hall–Kier alpha value is -1.49. The van der Waals surface area contributed by atoms with Crippen LogP contribution in [0.1, 0.15) is 30.5 Å². The number of ether oxygens (including phenoxy) is 1. The molecule has 0 aromatic heterocycles. The van der Waals surface area contributed by atoms with Gasteiger partial charge in [-0.3, -0.25) is 0 Å². The predicted molar refractivity (Wildman–Crippen MR) is 137 cm³/mol. The van der Waals surface area contributed by atoms with E-state index in [0.29, 0.717) is 12.1 Å². The number of nitrogens with zero attached hydrogens (tertiary/aromatic N) is 2. The molecule has 0 aliphatic heterocycles. The van der Waals surface area contributed by atoms with Crippen LogP contribution in [0.25, 0.3) is 0 Å². The number of carbonyl (C=O) groups is 2. The third kappa shape index (κ3) is 28.5. The van der Waals surface area contributed by atoms with Gasteiger partial charge in [0.15, 0.2) is 0 Å². The standard InChI is InChI=1S/2C8H19N3O.C2H6O.CH4O.2B.2H2/c2*1-6(7(2)11(4)5)10-8(12)9-3;1-3-2;1-2;;;;/h2*6-7H,1-5H3,(H2,9,10,12);1-2H3;2H,1H3;;;2*1H/i;;;;;;2*1+1. The van der Waals surface area contributed by atoms with E-state index >= 15 is 0 Å². The summed E-state index contributed by atoms with van der Waals surface area (Å²) in [7, 11) is 15.4. The number of urea groups is 2. The highest BCUT2D eigenvalue weighted by Crippen LogP contribution is 1.98. The van der Waals surface area contributed by atoms with Crippen LogP contribution in [0.3, 0.4) is 0 Å². The van der Waals surface area contributed by atoms with Gasteiger partial charge in [-0.1, -0.05) is 0 Å². The summed E-state index contributed by atoms with van der Waals surface area (Å²) < 4.78 is 4.25. The van der Waals surface area contributed by atoms with E-state index in [9.17, 15) is 9.59 Å². The van der Waals surface area contributed by atoms with Gasteiger partial charge in [0.05, 0.1) is 0 Å². The molecule has 0 heterocycles. The van der Waals surface area contributed by atoms with Gasteiger partial charge in [-0.15, -0.1) is 0 Å². The summed E-state index contributed by atoms with van der Waals surface area (Å²) in [6.45, 7) is 8.11. The summed E-state index contributed by atoms with van der Waals surface area (Å²) in [5.74, 6) is 0. The van der Waals surface area contributed by atoms with Gasteiger partial charge < -0.3 is 40.9 Å². The quantitative estimate of drug-likeness (QED) is 0.365. The molecule has 0 aromatic carbocycles. The first-order valence-corrected chi connectivity index (χ1v) is 9.53. The van der Waals surface area contributed by atoms with Crippen molar-refractivity contribution < 1.29 is 22.3 Å². The van der Waals surface area contributed by atoms with Crippen LogP contribution in [0.5, 0.6) is 0 Å². The van der Waals surface area contributed by atoms with Crippen molar-refractivity contribution in [2.45, 2.75) is 51.9 Å². The van der Waals surface area contributed by atoms with Crippen LogP contribution in [0.2, 0.25) is 0 Å². The topological polar surface area (TPSA) is 118 Å². The van der Waals surface area contributed by atoms with E-state index in [2.05, 4.69) is 49.7 Å². The van der Waals surface area contributed by atoms with E-state index in [4.69, 9.17) is 5.11 Å². The Morgan fingerprint density at radius 1 is 0.742 bits per heavy atom. The van der Waals surface area contributed by atoms with E-state index in [1.54, 1.807) is 28.3 Å². The second-order valence-electron chi connectivity index (χ2n) is 6.84. The third-order valence-corrected chi connectivity index (χ3v) is 4.25. The van der Waals surface area contributed by atoms with Crippen molar-refractivity contribution in [3.8, 4) is 0 Å². The summed E-state index contributed by atoms with van der Waals surface area (Å²) in [5, 5.41) is 17.7. The molecule has 188 valence electrons. The number of aliphatic hydroxyl groups is 1. The van der Waals surface area contributed by atoms with Crippen LogP contribution >= 0.6 is 0 Å². The van der Waals surface area contributed by atoms with Gasteiger partial charge in [0.1, 0.15) is 0 Å². The fraction of sp³-hybridized carbons (Fsp3) is 0.895. The average Bonchev–Trinajstić information content (AvgIpc) is 2.68. The van der Waals surface area contributed by atoms with E-state index < -0.39 is 0 Å². The highest BCUT2D eigenvalue weighted by Gasteiger charge is 2.15. The molecule has 0 aliphatic rings. The lowest BCUT2D eigenvalue weighted by atomic mass is 10.1. The summed E-state index contributed by atoms with van der Waals surface area (Å²) in [5.41, 5.74) is 0. The number of methoxy groups -OCH3 is 1. The zero-order valence-corrected chi connectivity index (χ0v) is 22.0. The first kappa shape index (κ1) is 43.4. The van der Waals surface area contributed by atoms with Crippen molar-refractivity contribution in [3.63, 3.8) is 0 Å². The van der Waals surface area contributed by atoms with Crippen LogP contribution < -0.4 is 21.3 Å². The van der Waals surface area contributed by atoms with Crippen LogP contribution in [0.15, 0.2) is 0 Å². The molecule has 0 fully saturated rings. The average molecular weight is 452 g/mol. The van der Waals surface area contributed by atoms with Crippen LogP contribution in [0, 0.1) is 0 Å². The molecule has 12 heteroatoms. The Morgan fingerprint density at radius 2 is 0.935 bits per heavy atom. The van der Waals surface area contributed by atoms with Gasteiger partial charge in [-0.05, 0) is 55.9 Å². The molecule has 0 aliphatic carbocycles. The molecule has 4 atom stereocenters. The number of nitrogens with one attached hydrogen (secondary N) is 4. The number of rotatable bonds is 6. The lowest BCUT2D eigenvalue weighted by molar-refractivity contribution is 0.221. The fourth-order valence-electron chi connectivity index (χ4n) is 1.69. The van der Waals surface area contributed by atoms with E-state index in [1.807, 2.05) is 42.0 Å². The molecule has 31 heavy (non-hydrogen) atoms. The van der Waals surface area contributed by atoms with Gasteiger partial charge in [-0.25, -0.2) is 9.59 Å². The summed E-state index contributed by atoms with van der Waals surface area (Å²) >= 11 is 0. The number of likely N-dealkylation sites (N-methyl/N-ethyl adjacent to an activating group) is 2. The van der Waals surface area contributed by atoms with Crippen molar-refractivity contribution >= 4 is 28.9 Å². The first-order valence-electron chi connectivity index (χ1n) is 9.53. The fourth-order valence-corrected chi connectivity index (χ4v) is 1.69. The van der Waals surface area contributed by atoms with Crippen molar-refractivity contribution in [2.75, 3.05) is 63.6 Å². The molecular weight excluding hydrogens is 398 g/mol. The number of aliphatic hydroxyl groups excluding tert-OH is 1. The van der Waals surface area contributed by atoms with Gasteiger partial charge in [0.25, 0.3) is 0 Å². The van der Waals surface area contributed by atoms with Crippen molar-refractivity contribution in [1.82, 2.24) is 31.1 Å². The molecular formula is C19H52B2N6O4. The lowest BCUT2D eigenvalue weighted by Crippen LogP contribution is -2.48. The molecule has 0 saturated carbocycles. The van der Waals surface area contributed by atoms with Gasteiger partial charge in [-0.2, -0.15) is 0 Å². The molecule has 4 amide bonds. The molecule has 0 bridgehead atoms. The Labute approximate surface area is 198 Å². The highest BCUT2D eigenvalue weighted by atomic mass is 16.4. The molecule has 6 radical (unpaired) electrons. The van der Waals surface area contributed by atoms with E-state index in [-0.39, 0.29) is 43.8 Å². The molecule has 0 spiro atoms. The van der Waals surface area contributed by atoms with Crippen LogP contribution in [0.4, 0.5) is 9.59 Å². The number of hydrogen-bond donors (Lipinski definition) is 5. The molecule has 4 unspecified atom stereocenters. The van der Waals surface area contributed by atoms with Gasteiger partial charge in [0.2, 0.25) is 0 Å². The minimum absolute atomic E-state index is 0. The zero-order valence-electron chi connectivity index (χ0n) is 22.0. The number of carbonyl (C=O) groups excluding carboxylic acids is 2. The van der Waals surface area contributed by atoms with Crippen LogP contribution in [-0.4, -0.2) is 132 Å². The second kappa shape index (κ2) is 28.5. The number of amides is 4. The Kier molecular flexibility index (Phi) is 39.9. The Balaban J connectivity index is -0.0000000478. The van der Waals surface area contributed by atoms with E-state index in [0.717, 1.165) is 7.11 Å². The maximum atomic E-state index is 10.9. The van der Waals surface area contributed by atoms with Crippen molar-refractivity contribution in [3.05, 3.63) is 0 Å². The smallest absolute Gasteiger partial charge is 0.314 e. The largest absolute Gasteiger partial charge is 0.400 e. The first-order chi connectivity index (χ1) is 13.4. The van der Waals surface area contributed by atoms with Crippen molar-refractivity contribution in [1.29, 1.82) is 0 Å². The molecule has 10 nitrogen and oxygen atoms in total. The maximum absolute atomic E-state index is 10.9. The zero-order chi connectivity index (χ0) is 24.2. The number of hydrogen-bond acceptors (Lipinski definition) is 6. The SMILES string of the molecule is CNC(=O)NC(C)C(C)N(C)C.CNC(=O)NC(C)C(C)N(C)C.CO.COC.[2HH].[2HH].[B].[B]. The minimum Gasteiger partial charge on any atom is -0.400 e. The second-order valence-corrected chi connectivity index (χ2v) is 6.84. The summed E-state index contributed by atoms with van der Waals surface area (Å²) in [4.78, 5) is 26.0. The Morgan fingerprint density at radius 3 is 1.06 bits per heavy atom. The summed E-state index contributed by atoms with van der Waals surface area (Å²) in [6.07, 6.45) is 0. The highest BCUT2D eigenvalue weighted by molar-refractivity contribution is 5.76. The van der Waals surface area contributed by atoms with Gasteiger partial charge in [0, 0.05) is 79.3 Å². The molecule has 0 saturated heterocycles. The monoisotopic (exact) mass is 452 g/mol. The normalized spacial score (nSPS) is 12.8. The summed E-state index contributed by atoms with van der Waals surface area (Å²) in [6, 6.07) is 0.719. The van der Waals surface area contributed by atoms with Crippen molar-refractivity contribution in [2.24, 2.45) is 0 Å². The molecule has 5 N–H and O–H groups in total. The maximum Gasteiger partial charge on any atom is 0.314 e.